The topological polar surface area (TPSA) is 26.3 Å². The van der Waals surface area contributed by atoms with Crippen LogP contribution in [-0.2, 0) is 6.42 Å². The van der Waals surface area contributed by atoms with Crippen LogP contribution < -0.4 is 4.74 Å². The Kier molecular flexibility index (Phi) is 3.09. The van der Waals surface area contributed by atoms with E-state index in [0.717, 1.165) is 40.0 Å². The summed E-state index contributed by atoms with van der Waals surface area (Å²) in [7, 11) is 0. The summed E-state index contributed by atoms with van der Waals surface area (Å²) in [6.07, 6.45) is 1.08. The zero-order valence-corrected chi connectivity index (χ0v) is 12.1. The van der Waals surface area contributed by atoms with Crippen molar-refractivity contribution < 1.29 is 9.53 Å². The highest BCUT2D eigenvalue weighted by Gasteiger charge is 2.20. The van der Waals surface area contributed by atoms with E-state index >= 15 is 0 Å². The minimum Gasteiger partial charge on any atom is -0.490 e. The summed E-state index contributed by atoms with van der Waals surface area (Å²) in [5.41, 5.74) is 4.87. The average Bonchev–Trinajstić information content (AvgIpc) is 2.75. The van der Waals surface area contributed by atoms with Crippen molar-refractivity contribution in [1.29, 1.82) is 0 Å². The number of benzene rings is 2. The summed E-state index contributed by atoms with van der Waals surface area (Å²) in [5.74, 6) is 0.994. The predicted octanol–water partition coefficient (Wildman–Crippen LogP) is 3.86. The Bertz CT molecular complexity index is 666. The standard InChI is InChI=1S/C18H18O2/c1-11-6-12(2)8-16(7-11)18(19)14-4-5-17-15(10-14)9-13(3)20-17/h4-8,10,13H,9H2,1-3H3. The molecule has 3 rings (SSSR count). The van der Waals surface area contributed by atoms with Crippen molar-refractivity contribution in [2.45, 2.75) is 33.3 Å². The van der Waals surface area contributed by atoms with Gasteiger partial charge in [0.1, 0.15) is 11.9 Å². The van der Waals surface area contributed by atoms with Gasteiger partial charge in [-0.25, -0.2) is 0 Å². The number of rotatable bonds is 2. The van der Waals surface area contributed by atoms with Crippen LogP contribution in [0.15, 0.2) is 36.4 Å². The Morgan fingerprint density at radius 3 is 2.45 bits per heavy atom. The van der Waals surface area contributed by atoms with Gasteiger partial charge in [0.25, 0.3) is 0 Å². The minimum atomic E-state index is 0.0825. The van der Waals surface area contributed by atoms with Crippen LogP contribution in [-0.4, -0.2) is 11.9 Å². The summed E-state index contributed by atoms with van der Waals surface area (Å²) in [5, 5.41) is 0. The van der Waals surface area contributed by atoms with Gasteiger partial charge in [-0.3, -0.25) is 4.79 Å². The van der Waals surface area contributed by atoms with Gasteiger partial charge in [0, 0.05) is 17.5 Å². The van der Waals surface area contributed by atoms with E-state index in [-0.39, 0.29) is 11.9 Å². The Hall–Kier alpha value is -2.09. The van der Waals surface area contributed by atoms with E-state index in [1.165, 1.54) is 0 Å². The summed E-state index contributed by atoms with van der Waals surface area (Å²) in [6, 6.07) is 11.7. The molecule has 1 unspecified atom stereocenters. The molecule has 102 valence electrons. The maximum atomic E-state index is 12.6. The second-order valence-electron chi connectivity index (χ2n) is 5.66. The van der Waals surface area contributed by atoms with Gasteiger partial charge in [0.05, 0.1) is 0 Å². The molecule has 0 saturated heterocycles. The van der Waals surface area contributed by atoms with Gasteiger partial charge in [-0.05, 0) is 56.7 Å². The first-order valence-corrected chi connectivity index (χ1v) is 6.95. The second-order valence-corrected chi connectivity index (χ2v) is 5.66. The first-order chi connectivity index (χ1) is 9.52. The molecule has 0 amide bonds. The third kappa shape index (κ3) is 2.34. The van der Waals surface area contributed by atoms with Gasteiger partial charge >= 0.3 is 0 Å². The lowest BCUT2D eigenvalue weighted by Gasteiger charge is -2.06. The monoisotopic (exact) mass is 266 g/mol. The van der Waals surface area contributed by atoms with Crippen molar-refractivity contribution in [1.82, 2.24) is 0 Å². The summed E-state index contributed by atoms with van der Waals surface area (Å²) in [6.45, 7) is 6.08. The van der Waals surface area contributed by atoms with E-state index in [1.54, 1.807) is 0 Å². The van der Waals surface area contributed by atoms with E-state index in [1.807, 2.05) is 51.1 Å². The Morgan fingerprint density at radius 2 is 1.75 bits per heavy atom. The van der Waals surface area contributed by atoms with Crippen LogP contribution in [0, 0.1) is 13.8 Å². The molecule has 20 heavy (non-hydrogen) atoms. The maximum Gasteiger partial charge on any atom is 0.193 e. The zero-order chi connectivity index (χ0) is 14.3. The molecule has 0 N–H and O–H groups in total. The van der Waals surface area contributed by atoms with Crippen LogP contribution >= 0.6 is 0 Å². The van der Waals surface area contributed by atoms with Gasteiger partial charge in [0.15, 0.2) is 5.78 Å². The number of ether oxygens (including phenoxy) is 1. The molecule has 1 aliphatic heterocycles. The van der Waals surface area contributed by atoms with Gasteiger partial charge in [-0.1, -0.05) is 17.2 Å². The fourth-order valence-corrected chi connectivity index (χ4v) is 2.84. The lowest BCUT2D eigenvalue weighted by atomic mass is 9.97. The van der Waals surface area contributed by atoms with Crippen molar-refractivity contribution in [3.05, 3.63) is 64.2 Å². The molecular weight excluding hydrogens is 248 g/mol. The SMILES string of the molecule is Cc1cc(C)cc(C(=O)c2ccc3c(c2)CC(C)O3)c1. The Balaban J connectivity index is 1.97. The second kappa shape index (κ2) is 4.78. The molecule has 0 radical (unpaired) electrons. The van der Waals surface area contributed by atoms with Crippen molar-refractivity contribution in [3.63, 3.8) is 0 Å². The number of fused-ring (bicyclic) bond motifs is 1. The van der Waals surface area contributed by atoms with Crippen LogP contribution in [0.3, 0.4) is 0 Å². The normalized spacial score (nSPS) is 16.6. The number of ketones is 1. The average molecular weight is 266 g/mol. The van der Waals surface area contributed by atoms with E-state index in [9.17, 15) is 4.79 Å². The molecule has 0 aliphatic carbocycles. The van der Waals surface area contributed by atoms with Gasteiger partial charge in [-0.2, -0.15) is 0 Å². The third-order valence-electron chi connectivity index (χ3n) is 3.64. The van der Waals surface area contributed by atoms with Gasteiger partial charge < -0.3 is 4.74 Å². The molecule has 2 heteroatoms. The smallest absolute Gasteiger partial charge is 0.193 e. The molecule has 2 nitrogen and oxygen atoms in total. The van der Waals surface area contributed by atoms with Crippen LogP contribution in [0.2, 0.25) is 0 Å². The minimum absolute atomic E-state index is 0.0825. The van der Waals surface area contributed by atoms with Gasteiger partial charge in [0.2, 0.25) is 0 Å². The molecular formula is C18H18O2. The quantitative estimate of drug-likeness (QED) is 0.772. The molecule has 1 heterocycles. The third-order valence-corrected chi connectivity index (χ3v) is 3.64. The fourth-order valence-electron chi connectivity index (χ4n) is 2.84. The van der Waals surface area contributed by atoms with Crippen LogP contribution in [0.4, 0.5) is 0 Å². The molecule has 0 fully saturated rings. The van der Waals surface area contributed by atoms with Crippen LogP contribution in [0.25, 0.3) is 0 Å². The molecule has 0 aromatic heterocycles. The Labute approximate surface area is 119 Å². The maximum absolute atomic E-state index is 12.6. The number of hydrogen-bond acceptors (Lipinski definition) is 2. The predicted molar refractivity (Wildman–Crippen MR) is 79.6 cm³/mol. The first kappa shape index (κ1) is 12.9. The van der Waals surface area contributed by atoms with E-state index in [0.29, 0.717) is 0 Å². The molecule has 0 saturated carbocycles. The number of carbonyl (C=O) groups excluding carboxylic acids is 1. The number of hydrogen-bond donors (Lipinski definition) is 0. The highest BCUT2D eigenvalue weighted by atomic mass is 16.5. The van der Waals surface area contributed by atoms with Crippen molar-refractivity contribution >= 4 is 5.78 Å². The number of aryl methyl sites for hydroxylation is 2. The molecule has 1 aliphatic rings. The van der Waals surface area contributed by atoms with E-state index < -0.39 is 0 Å². The lowest BCUT2D eigenvalue weighted by molar-refractivity contribution is 0.103. The van der Waals surface area contributed by atoms with E-state index in [4.69, 9.17) is 4.74 Å². The van der Waals surface area contributed by atoms with Crippen molar-refractivity contribution in [2.24, 2.45) is 0 Å². The van der Waals surface area contributed by atoms with Crippen molar-refractivity contribution in [2.75, 3.05) is 0 Å². The summed E-state index contributed by atoms with van der Waals surface area (Å²) < 4.78 is 5.67. The molecule has 0 bridgehead atoms. The van der Waals surface area contributed by atoms with E-state index in [2.05, 4.69) is 6.07 Å². The molecule has 2 aromatic rings. The lowest BCUT2D eigenvalue weighted by Crippen LogP contribution is -2.05. The first-order valence-electron chi connectivity index (χ1n) is 6.95. The highest BCUT2D eigenvalue weighted by Crippen LogP contribution is 2.30. The van der Waals surface area contributed by atoms with Crippen LogP contribution in [0.5, 0.6) is 5.75 Å². The largest absolute Gasteiger partial charge is 0.490 e. The zero-order valence-electron chi connectivity index (χ0n) is 12.1. The highest BCUT2D eigenvalue weighted by molar-refractivity contribution is 6.09. The fraction of sp³-hybridized carbons (Fsp3) is 0.278. The summed E-state index contributed by atoms with van der Waals surface area (Å²) in [4.78, 5) is 12.6. The summed E-state index contributed by atoms with van der Waals surface area (Å²) >= 11 is 0. The molecule has 2 aromatic carbocycles. The Morgan fingerprint density at radius 1 is 1.05 bits per heavy atom. The van der Waals surface area contributed by atoms with Crippen molar-refractivity contribution in [3.8, 4) is 5.75 Å². The van der Waals surface area contributed by atoms with Gasteiger partial charge in [-0.15, -0.1) is 0 Å². The van der Waals surface area contributed by atoms with Crippen LogP contribution in [0.1, 0.15) is 39.5 Å². The number of carbonyl (C=O) groups is 1. The molecule has 0 spiro atoms. The molecule has 1 atom stereocenters.